The van der Waals surface area contributed by atoms with E-state index in [0.29, 0.717) is 33.3 Å². The lowest BCUT2D eigenvalue weighted by Gasteiger charge is -2.32. The lowest BCUT2D eigenvalue weighted by atomic mass is 9.85. The molecule has 1 aliphatic heterocycles. The molecule has 2 aromatic rings. The second-order valence-corrected chi connectivity index (χ2v) is 8.09. The van der Waals surface area contributed by atoms with Gasteiger partial charge in [-0.1, -0.05) is 23.2 Å². The fourth-order valence-electron chi connectivity index (χ4n) is 3.80. The molecule has 1 amide bonds. The number of nitrogens with two attached hydrogens (primary N) is 1. The number of halogens is 3. The van der Waals surface area contributed by atoms with Crippen LogP contribution in [0.2, 0.25) is 10.0 Å². The zero-order valence-electron chi connectivity index (χ0n) is 16.0. The largest absolute Gasteiger partial charge is 0.462 e. The van der Waals surface area contributed by atoms with Crippen LogP contribution >= 0.6 is 23.2 Å². The molecule has 0 spiro atoms. The smallest absolute Gasteiger partial charge is 0.283 e. The highest BCUT2D eigenvalue weighted by Crippen LogP contribution is 2.54. The van der Waals surface area contributed by atoms with E-state index in [1.807, 2.05) is 0 Å². The number of carbonyl (C=O) groups is 1. The molecule has 1 aliphatic carbocycles. The first-order chi connectivity index (χ1) is 14.4. The van der Waals surface area contributed by atoms with Crippen molar-refractivity contribution in [3.05, 3.63) is 57.3 Å². The molecule has 0 saturated heterocycles. The van der Waals surface area contributed by atoms with Gasteiger partial charge in [0.2, 0.25) is 0 Å². The molecule has 158 valence electrons. The summed E-state index contributed by atoms with van der Waals surface area (Å²) >= 11 is 12.4. The second kappa shape index (κ2) is 8.02. The van der Waals surface area contributed by atoms with Gasteiger partial charge in [-0.25, -0.2) is 14.4 Å². The number of nitrogens with zero attached hydrogens (tertiary/aromatic N) is 2. The molecule has 1 aromatic carbocycles. The van der Waals surface area contributed by atoms with Gasteiger partial charge in [0.05, 0.1) is 11.6 Å². The molecule has 2 heterocycles. The molecule has 2 aliphatic rings. The minimum atomic E-state index is -1.23. The van der Waals surface area contributed by atoms with Crippen LogP contribution in [-0.4, -0.2) is 36.8 Å². The molecular weight excluding hydrogens is 434 g/mol. The highest BCUT2D eigenvalue weighted by molar-refractivity contribution is 6.31. The van der Waals surface area contributed by atoms with Crippen molar-refractivity contribution in [3.63, 3.8) is 0 Å². The summed E-state index contributed by atoms with van der Waals surface area (Å²) in [5, 5.41) is 3.50. The van der Waals surface area contributed by atoms with Crippen LogP contribution in [0.4, 0.5) is 10.1 Å². The predicted octanol–water partition coefficient (Wildman–Crippen LogP) is 3.69. The summed E-state index contributed by atoms with van der Waals surface area (Å²) in [6.45, 7) is -0.615. The Morgan fingerprint density at radius 2 is 2.23 bits per heavy atom. The summed E-state index contributed by atoms with van der Waals surface area (Å²) in [6.07, 6.45) is 1.84. The number of fused-ring (bicyclic) bond motifs is 1. The topological polar surface area (TPSA) is 98.8 Å². The molecule has 1 fully saturated rings. The van der Waals surface area contributed by atoms with E-state index in [1.165, 1.54) is 13.3 Å². The molecule has 0 radical (unpaired) electrons. The SMILES string of the molecule is COCc1cc(Cl)cnc1C(=O)Nc1ccc(Cl)c([C@@]2(CF)N=C(N)O[C@@H]3C[C@@H]32)c1. The number of benzene rings is 1. The number of hydrogen-bond donors (Lipinski definition) is 2. The number of amidine groups is 1. The van der Waals surface area contributed by atoms with E-state index in [2.05, 4.69) is 15.3 Å². The molecule has 1 saturated carbocycles. The number of alkyl halides is 1. The molecule has 3 atom stereocenters. The highest BCUT2D eigenvalue weighted by atomic mass is 35.5. The van der Waals surface area contributed by atoms with E-state index in [4.69, 9.17) is 38.4 Å². The van der Waals surface area contributed by atoms with Crippen LogP contribution in [0.15, 0.2) is 35.5 Å². The summed E-state index contributed by atoms with van der Waals surface area (Å²) in [5.74, 6) is -0.620. The maximum atomic E-state index is 14.3. The number of aromatic nitrogens is 1. The van der Waals surface area contributed by atoms with Crippen molar-refractivity contribution in [1.82, 2.24) is 4.98 Å². The van der Waals surface area contributed by atoms with Gasteiger partial charge in [0.1, 0.15) is 24.0 Å². The summed E-state index contributed by atoms with van der Waals surface area (Å²) in [5.41, 5.74) is 6.11. The number of rotatable bonds is 6. The van der Waals surface area contributed by atoms with Crippen molar-refractivity contribution in [1.29, 1.82) is 0 Å². The monoisotopic (exact) mass is 452 g/mol. The standard InChI is InChI=1S/C20H19Cl2FN4O3/c1-29-8-10-4-11(21)7-25-17(10)18(28)26-12-2-3-15(22)13(5-12)20(9-23)14-6-16(14)30-19(24)27-20/h2-5,7,14,16H,6,8-9H2,1H3,(H2,24,27)(H,26,28)/t14-,16+,20+/m0/s1. The van der Waals surface area contributed by atoms with Crippen LogP contribution in [0.1, 0.15) is 28.0 Å². The molecule has 1 aromatic heterocycles. The summed E-state index contributed by atoms with van der Waals surface area (Å²) in [7, 11) is 1.51. The minimum absolute atomic E-state index is 0.0634. The second-order valence-electron chi connectivity index (χ2n) is 7.25. The number of nitrogens with one attached hydrogen (secondary N) is 1. The molecule has 0 bridgehead atoms. The first-order valence-electron chi connectivity index (χ1n) is 9.20. The third kappa shape index (κ3) is 3.71. The van der Waals surface area contributed by atoms with Gasteiger partial charge < -0.3 is 20.5 Å². The number of amides is 1. The van der Waals surface area contributed by atoms with Crippen LogP contribution in [0, 0.1) is 5.92 Å². The molecule has 30 heavy (non-hydrogen) atoms. The van der Waals surface area contributed by atoms with E-state index in [-0.39, 0.29) is 30.3 Å². The number of hydrogen-bond acceptors (Lipinski definition) is 6. The van der Waals surface area contributed by atoms with Gasteiger partial charge >= 0.3 is 0 Å². The molecule has 10 heteroatoms. The average molecular weight is 453 g/mol. The maximum Gasteiger partial charge on any atom is 0.283 e. The van der Waals surface area contributed by atoms with Gasteiger partial charge in [0.25, 0.3) is 11.9 Å². The Kier molecular flexibility index (Phi) is 5.57. The van der Waals surface area contributed by atoms with Crippen molar-refractivity contribution < 1.29 is 18.7 Å². The van der Waals surface area contributed by atoms with E-state index >= 15 is 0 Å². The zero-order chi connectivity index (χ0) is 21.5. The van der Waals surface area contributed by atoms with E-state index < -0.39 is 18.1 Å². The Morgan fingerprint density at radius 1 is 1.43 bits per heavy atom. The summed E-state index contributed by atoms with van der Waals surface area (Å²) in [6, 6.07) is 6.38. The normalized spacial score (nSPS) is 24.5. The number of methoxy groups -OCH3 is 1. The van der Waals surface area contributed by atoms with Gasteiger partial charge in [-0.2, -0.15) is 0 Å². The minimum Gasteiger partial charge on any atom is -0.462 e. The van der Waals surface area contributed by atoms with Gasteiger partial charge in [-0.15, -0.1) is 0 Å². The fourth-order valence-corrected chi connectivity index (χ4v) is 4.26. The Labute approximate surface area is 182 Å². The third-order valence-electron chi connectivity index (χ3n) is 5.27. The van der Waals surface area contributed by atoms with Gasteiger partial charge in [-0.3, -0.25) is 4.79 Å². The number of aliphatic imine (C=N–C) groups is 1. The van der Waals surface area contributed by atoms with Crippen molar-refractivity contribution in [3.8, 4) is 0 Å². The first kappa shape index (κ1) is 20.8. The van der Waals surface area contributed by atoms with Crippen molar-refractivity contribution >= 4 is 40.8 Å². The van der Waals surface area contributed by atoms with Crippen molar-refractivity contribution in [2.45, 2.75) is 24.7 Å². The predicted molar refractivity (Wildman–Crippen MR) is 112 cm³/mol. The van der Waals surface area contributed by atoms with Gasteiger partial charge in [0, 0.05) is 41.1 Å². The number of carbonyl (C=O) groups excluding carboxylic acids is 1. The van der Waals surface area contributed by atoms with Crippen molar-refractivity contribution in [2.75, 3.05) is 19.1 Å². The molecule has 3 N–H and O–H groups in total. The zero-order valence-corrected chi connectivity index (χ0v) is 17.5. The van der Waals surface area contributed by atoms with Crippen molar-refractivity contribution in [2.24, 2.45) is 16.6 Å². The maximum absolute atomic E-state index is 14.3. The Hall–Kier alpha value is -2.42. The third-order valence-corrected chi connectivity index (χ3v) is 5.81. The molecular formula is C20H19Cl2FN4O3. The number of ether oxygens (including phenoxy) is 2. The molecule has 0 unspecified atom stereocenters. The van der Waals surface area contributed by atoms with Crippen LogP contribution < -0.4 is 11.1 Å². The van der Waals surface area contributed by atoms with Crippen LogP contribution in [0.3, 0.4) is 0 Å². The van der Waals surface area contributed by atoms with Gasteiger partial charge in [0.15, 0.2) is 0 Å². The number of pyridine rings is 1. The molecule has 7 nitrogen and oxygen atoms in total. The van der Waals surface area contributed by atoms with Gasteiger partial charge in [-0.05, 0) is 30.7 Å². The van der Waals surface area contributed by atoms with E-state index in [1.54, 1.807) is 24.3 Å². The average Bonchev–Trinajstić information content (AvgIpc) is 3.49. The van der Waals surface area contributed by atoms with E-state index in [0.717, 1.165) is 0 Å². The van der Waals surface area contributed by atoms with Crippen LogP contribution in [0.25, 0.3) is 0 Å². The lowest BCUT2D eigenvalue weighted by molar-refractivity contribution is 0.101. The fraction of sp³-hybridized carbons (Fsp3) is 0.350. The highest BCUT2D eigenvalue weighted by Gasteiger charge is 2.59. The van der Waals surface area contributed by atoms with Crippen LogP contribution in [-0.2, 0) is 21.6 Å². The Bertz CT molecular complexity index is 1040. The molecule has 4 rings (SSSR count). The number of anilines is 1. The quantitative estimate of drug-likeness (QED) is 0.696. The lowest BCUT2D eigenvalue weighted by Crippen LogP contribution is -2.39. The summed E-state index contributed by atoms with van der Waals surface area (Å²) < 4.78 is 24.8. The first-order valence-corrected chi connectivity index (χ1v) is 9.96. The van der Waals surface area contributed by atoms with E-state index in [9.17, 15) is 9.18 Å². The summed E-state index contributed by atoms with van der Waals surface area (Å²) in [4.78, 5) is 21.2. The Morgan fingerprint density at radius 3 is 2.97 bits per heavy atom. The van der Waals surface area contributed by atoms with Crippen LogP contribution in [0.5, 0.6) is 0 Å². The Balaban J connectivity index is 1.66.